The minimum atomic E-state index is -0.0403. The summed E-state index contributed by atoms with van der Waals surface area (Å²) in [5, 5.41) is 0. The molecule has 1 fully saturated rings. The maximum absolute atomic E-state index is 11.9. The first kappa shape index (κ1) is 14.5. The lowest BCUT2D eigenvalue weighted by atomic mass is 10.1. The van der Waals surface area contributed by atoms with Crippen LogP contribution >= 0.6 is 0 Å². The average Bonchev–Trinajstić information content (AvgIpc) is 3.16. The molecule has 17 heavy (non-hydrogen) atoms. The molecule has 0 aromatic heterocycles. The molecule has 1 aliphatic rings. The topological polar surface area (TPSA) is 29.5 Å². The van der Waals surface area contributed by atoms with Crippen molar-refractivity contribution in [1.82, 2.24) is 4.90 Å². The van der Waals surface area contributed by atoms with Crippen LogP contribution in [0.4, 0.5) is 0 Å². The van der Waals surface area contributed by atoms with E-state index >= 15 is 0 Å². The van der Waals surface area contributed by atoms with Crippen LogP contribution in [0.5, 0.6) is 0 Å². The van der Waals surface area contributed by atoms with E-state index < -0.39 is 0 Å². The Bertz CT molecular complexity index is 226. The van der Waals surface area contributed by atoms with Crippen molar-refractivity contribution in [1.29, 1.82) is 0 Å². The van der Waals surface area contributed by atoms with Crippen molar-refractivity contribution >= 4 is 5.97 Å². The van der Waals surface area contributed by atoms with E-state index in [0.29, 0.717) is 6.04 Å². The first-order valence-corrected chi connectivity index (χ1v) is 7.08. The van der Waals surface area contributed by atoms with Crippen molar-refractivity contribution in [2.45, 2.75) is 70.9 Å². The van der Waals surface area contributed by atoms with E-state index in [1.54, 1.807) is 0 Å². The molecule has 0 heterocycles. The van der Waals surface area contributed by atoms with Gasteiger partial charge in [0.1, 0.15) is 6.04 Å². The minimum Gasteiger partial charge on any atom is -0.468 e. The Morgan fingerprint density at radius 3 is 2.41 bits per heavy atom. The van der Waals surface area contributed by atoms with Gasteiger partial charge in [-0.2, -0.15) is 0 Å². The summed E-state index contributed by atoms with van der Waals surface area (Å²) in [4.78, 5) is 14.3. The Labute approximate surface area is 106 Å². The number of carbonyl (C=O) groups is 1. The molecule has 0 bridgehead atoms. The van der Waals surface area contributed by atoms with E-state index in [9.17, 15) is 4.79 Å². The van der Waals surface area contributed by atoms with Gasteiger partial charge in [0.25, 0.3) is 0 Å². The third-order valence-corrected chi connectivity index (χ3v) is 3.49. The fourth-order valence-corrected chi connectivity index (χ4v) is 2.29. The van der Waals surface area contributed by atoms with E-state index in [1.807, 2.05) is 0 Å². The predicted molar refractivity (Wildman–Crippen MR) is 70.0 cm³/mol. The highest BCUT2D eigenvalue weighted by molar-refractivity contribution is 5.75. The molecule has 0 radical (unpaired) electrons. The van der Waals surface area contributed by atoms with Gasteiger partial charge in [-0.3, -0.25) is 9.69 Å². The van der Waals surface area contributed by atoms with Gasteiger partial charge in [0, 0.05) is 6.04 Å². The lowest BCUT2D eigenvalue weighted by Gasteiger charge is -2.29. The lowest BCUT2D eigenvalue weighted by Crippen LogP contribution is -2.43. The molecule has 0 aliphatic heterocycles. The highest BCUT2D eigenvalue weighted by Crippen LogP contribution is 2.30. The van der Waals surface area contributed by atoms with Crippen LogP contribution in [0.1, 0.15) is 58.8 Å². The van der Waals surface area contributed by atoms with Gasteiger partial charge in [0.15, 0.2) is 0 Å². The van der Waals surface area contributed by atoms with E-state index in [2.05, 4.69) is 18.7 Å². The molecule has 1 atom stereocenters. The lowest BCUT2D eigenvalue weighted by molar-refractivity contribution is -0.147. The maximum Gasteiger partial charge on any atom is 0.323 e. The van der Waals surface area contributed by atoms with Gasteiger partial charge in [0.05, 0.1) is 7.11 Å². The molecule has 0 N–H and O–H groups in total. The van der Waals surface area contributed by atoms with E-state index in [4.69, 9.17) is 4.74 Å². The van der Waals surface area contributed by atoms with Crippen molar-refractivity contribution in [2.75, 3.05) is 13.7 Å². The summed E-state index contributed by atoms with van der Waals surface area (Å²) in [5.41, 5.74) is 0. The van der Waals surface area contributed by atoms with Gasteiger partial charge in [-0.15, -0.1) is 0 Å². The monoisotopic (exact) mass is 241 g/mol. The van der Waals surface area contributed by atoms with E-state index in [0.717, 1.165) is 25.8 Å². The van der Waals surface area contributed by atoms with Gasteiger partial charge in [0.2, 0.25) is 0 Å². The molecule has 1 saturated carbocycles. The normalized spacial score (nSPS) is 17.2. The summed E-state index contributed by atoms with van der Waals surface area (Å²) in [6.45, 7) is 5.41. The Morgan fingerprint density at radius 2 is 1.94 bits per heavy atom. The number of hydrogen-bond donors (Lipinski definition) is 0. The first-order chi connectivity index (χ1) is 8.24. The van der Waals surface area contributed by atoms with Crippen molar-refractivity contribution < 1.29 is 9.53 Å². The third-order valence-electron chi connectivity index (χ3n) is 3.49. The number of esters is 1. The van der Waals surface area contributed by atoms with Crippen LogP contribution < -0.4 is 0 Å². The van der Waals surface area contributed by atoms with Crippen molar-refractivity contribution in [3.05, 3.63) is 0 Å². The number of unbranched alkanes of at least 4 members (excludes halogenated alkanes) is 2. The van der Waals surface area contributed by atoms with Crippen LogP contribution in [0.15, 0.2) is 0 Å². The molecule has 1 rings (SSSR count). The second-order valence-corrected chi connectivity index (χ2v) is 5.00. The van der Waals surface area contributed by atoms with Crippen molar-refractivity contribution in [2.24, 2.45) is 0 Å². The number of hydrogen-bond acceptors (Lipinski definition) is 3. The van der Waals surface area contributed by atoms with E-state index in [1.165, 1.54) is 32.8 Å². The molecule has 0 spiro atoms. The summed E-state index contributed by atoms with van der Waals surface area (Å²) in [6.07, 6.45) is 8.06. The molecule has 1 unspecified atom stereocenters. The Balaban J connectivity index is 2.58. The summed E-state index contributed by atoms with van der Waals surface area (Å²) in [7, 11) is 1.51. The fourth-order valence-electron chi connectivity index (χ4n) is 2.29. The highest BCUT2D eigenvalue weighted by atomic mass is 16.5. The molecule has 3 heteroatoms. The van der Waals surface area contributed by atoms with Crippen LogP contribution in [0.3, 0.4) is 0 Å². The molecule has 0 saturated heterocycles. The van der Waals surface area contributed by atoms with Crippen LogP contribution in [0, 0.1) is 0 Å². The van der Waals surface area contributed by atoms with Crippen LogP contribution in [0.25, 0.3) is 0 Å². The quantitative estimate of drug-likeness (QED) is 0.581. The third kappa shape index (κ3) is 4.66. The first-order valence-electron chi connectivity index (χ1n) is 7.08. The summed E-state index contributed by atoms with van der Waals surface area (Å²) < 4.78 is 4.97. The summed E-state index contributed by atoms with van der Waals surface area (Å²) in [5.74, 6) is -0.0403. The Kier molecular flexibility index (Phi) is 6.56. The molecule has 0 aromatic rings. The number of methoxy groups -OCH3 is 1. The van der Waals surface area contributed by atoms with Crippen molar-refractivity contribution in [3.63, 3.8) is 0 Å². The Hall–Kier alpha value is -0.570. The zero-order valence-electron chi connectivity index (χ0n) is 11.6. The second-order valence-electron chi connectivity index (χ2n) is 5.00. The van der Waals surface area contributed by atoms with Gasteiger partial charge in [-0.25, -0.2) is 0 Å². The SMILES string of the molecule is CCCCC(C(=O)OC)N(CCCC)C1CC1. The molecule has 100 valence electrons. The van der Waals surface area contributed by atoms with Gasteiger partial charge in [-0.1, -0.05) is 33.1 Å². The molecule has 1 aliphatic carbocycles. The van der Waals surface area contributed by atoms with Gasteiger partial charge in [-0.05, 0) is 32.2 Å². The number of ether oxygens (including phenoxy) is 1. The number of nitrogens with zero attached hydrogens (tertiary/aromatic N) is 1. The number of rotatable bonds is 9. The molecule has 0 amide bonds. The zero-order valence-corrected chi connectivity index (χ0v) is 11.6. The fraction of sp³-hybridized carbons (Fsp3) is 0.929. The molecule has 3 nitrogen and oxygen atoms in total. The second kappa shape index (κ2) is 7.70. The molecular formula is C14H27NO2. The van der Waals surface area contributed by atoms with Gasteiger partial charge < -0.3 is 4.74 Å². The van der Waals surface area contributed by atoms with Crippen LogP contribution in [-0.4, -0.2) is 36.6 Å². The van der Waals surface area contributed by atoms with Crippen LogP contribution in [0.2, 0.25) is 0 Å². The summed E-state index contributed by atoms with van der Waals surface area (Å²) >= 11 is 0. The standard InChI is InChI=1S/C14H27NO2/c1-4-6-8-13(14(16)17-3)15(11-7-5-2)12-9-10-12/h12-13H,4-11H2,1-3H3. The minimum absolute atomic E-state index is 0.000926. The maximum atomic E-state index is 11.9. The largest absolute Gasteiger partial charge is 0.468 e. The smallest absolute Gasteiger partial charge is 0.323 e. The van der Waals surface area contributed by atoms with E-state index in [-0.39, 0.29) is 12.0 Å². The molecule has 0 aromatic carbocycles. The average molecular weight is 241 g/mol. The molecular weight excluding hydrogens is 214 g/mol. The summed E-state index contributed by atoms with van der Waals surface area (Å²) in [6, 6.07) is 0.640. The van der Waals surface area contributed by atoms with Gasteiger partial charge >= 0.3 is 5.97 Å². The van der Waals surface area contributed by atoms with Crippen LogP contribution in [-0.2, 0) is 9.53 Å². The predicted octanol–water partition coefficient (Wildman–Crippen LogP) is 2.98. The number of carbonyl (C=O) groups excluding carboxylic acids is 1. The van der Waals surface area contributed by atoms with Crippen molar-refractivity contribution in [3.8, 4) is 0 Å². The Morgan fingerprint density at radius 1 is 1.29 bits per heavy atom. The zero-order chi connectivity index (χ0) is 12.7. The highest BCUT2D eigenvalue weighted by Gasteiger charge is 2.36.